The molecule has 1 fully saturated rings. The third-order valence-corrected chi connectivity index (χ3v) is 5.44. The van der Waals surface area contributed by atoms with Crippen LogP contribution < -0.4 is 10.6 Å². The van der Waals surface area contributed by atoms with Crippen LogP contribution in [0.15, 0.2) is 53.7 Å². The fraction of sp³-hybridized carbons (Fsp3) is 0.458. The Morgan fingerprint density at radius 1 is 1.19 bits per heavy atom. The molecule has 0 saturated carbocycles. The van der Waals surface area contributed by atoms with E-state index < -0.39 is 0 Å². The molecule has 3 rings (SSSR count). The largest absolute Gasteiger partial charge is 0.357 e. The summed E-state index contributed by atoms with van der Waals surface area (Å²) in [6, 6.07) is 14.7. The molecule has 0 spiro atoms. The van der Waals surface area contributed by atoms with Crippen LogP contribution in [0.2, 0.25) is 0 Å². The van der Waals surface area contributed by atoms with Gasteiger partial charge in [0.1, 0.15) is 0 Å². The zero-order valence-electron chi connectivity index (χ0n) is 18.8. The molecule has 7 nitrogen and oxygen atoms in total. The number of carbonyl (C=O) groups is 1. The minimum atomic E-state index is 0.161. The van der Waals surface area contributed by atoms with Gasteiger partial charge < -0.3 is 15.5 Å². The minimum absolute atomic E-state index is 0.161. The second-order valence-corrected chi connectivity index (χ2v) is 8.09. The molecule has 1 aromatic carbocycles. The Hall–Kier alpha value is -2.93. The van der Waals surface area contributed by atoms with Crippen molar-refractivity contribution in [1.29, 1.82) is 0 Å². The quantitative estimate of drug-likeness (QED) is 0.529. The van der Waals surface area contributed by atoms with Crippen LogP contribution in [0.3, 0.4) is 0 Å². The number of benzene rings is 1. The van der Waals surface area contributed by atoms with E-state index in [-0.39, 0.29) is 5.91 Å². The number of guanidine groups is 1. The summed E-state index contributed by atoms with van der Waals surface area (Å²) in [6.07, 6.45) is 3.82. The Bertz CT molecular complexity index is 859. The summed E-state index contributed by atoms with van der Waals surface area (Å²) in [5, 5.41) is 6.93. The fourth-order valence-electron chi connectivity index (χ4n) is 3.61. The van der Waals surface area contributed by atoms with Gasteiger partial charge in [0.05, 0.1) is 18.8 Å². The van der Waals surface area contributed by atoms with Gasteiger partial charge in [0.15, 0.2) is 5.96 Å². The van der Waals surface area contributed by atoms with Crippen molar-refractivity contribution < 1.29 is 4.79 Å². The zero-order chi connectivity index (χ0) is 22.1. The van der Waals surface area contributed by atoms with Gasteiger partial charge in [-0.05, 0) is 43.5 Å². The predicted octanol–water partition coefficient (Wildman–Crippen LogP) is 2.36. The molecule has 7 heteroatoms. The molecule has 2 heterocycles. The third kappa shape index (κ3) is 7.07. The van der Waals surface area contributed by atoms with Crippen LogP contribution in [-0.4, -0.2) is 73.0 Å². The number of hydrogen-bond acceptors (Lipinski definition) is 4. The van der Waals surface area contributed by atoms with Crippen LogP contribution in [0.1, 0.15) is 25.3 Å². The molecule has 2 N–H and O–H groups in total. The first kappa shape index (κ1) is 22.7. The highest BCUT2D eigenvalue weighted by atomic mass is 16.2. The maximum Gasteiger partial charge on any atom is 0.236 e. The van der Waals surface area contributed by atoms with Crippen molar-refractivity contribution >= 4 is 11.9 Å². The standard InChI is InChI=1S/C24H34N6O/c1-4-25-24(28-21-11-14-30(15-12-21)18-23(31)29(2)3)27-17-19-8-7-9-20(16-19)22-10-5-6-13-26-22/h5-10,13,16,21H,4,11-12,14-15,17-18H2,1-3H3,(H2,25,27,28). The highest BCUT2D eigenvalue weighted by Crippen LogP contribution is 2.18. The Morgan fingerprint density at radius 3 is 2.68 bits per heavy atom. The van der Waals surface area contributed by atoms with Gasteiger partial charge in [0.25, 0.3) is 0 Å². The van der Waals surface area contributed by atoms with Crippen molar-refractivity contribution in [3.8, 4) is 11.3 Å². The molecule has 0 atom stereocenters. The fourth-order valence-corrected chi connectivity index (χ4v) is 3.61. The van der Waals surface area contributed by atoms with Crippen LogP contribution in [0, 0.1) is 0 Å². The summed E-state index contributed by atoms with van der Waals surface area (Å²) in [7, 11) is 3.61. The van der Waals surface area contributed by atoms with Crippen LogP contribution in [0.5, 0.6) is 0 Å². The van der Waals surface area contributed by atoms with Crippen LogP contribution >= 0.6 is 0 Å². The van der Waals surface area contributed by atoms with Gasteiger partial charge in [0, 0.05) is 51.5 Å². The van der Waals surface area contributed by atoms with E-state index in [2.05, 4.69) is 51.7 Å². The van der Waals surface area contributed by atoms with Crippen molar-refractivity contribution in [2.45, 2.75) is 32.4 Å². The van der Waals surface area contributed by atoms with Crippen LogP contribution in [0.25, 0.3) is 11.3 Å². The van der Waals surface area contributed by atoms with Gasteiger partial charge in [0.2, 0.25) is 5.91 Å². The topological polar surface area (TPSA) is 72.9 Å². The van der Waals surface area contributed by atoms with Gasteiger partial charge in [-0.15, -0.1) is 0 Å². The number of rotatable bonds is 7. The van der Waals surface area contributed by atoms with E-state index in [9.17, 15) is 4.79 Å². The number of likely N-dealkylation sites (N-methyl/N-ethyl adjacent to an activating group) is 1. The van der Waals surface area contributed by atoms with Gasteiger partial charge in [-0.3, -0.25) is 14.7 Å². The van der Waals surface area contributed by atoms with Crippen molar-refractivity contribution in [2.24, 2.45) is 4.99 Å². The molecule has 0 unspecified atom stereocenters. The molecule has 31 heavy (non-hydrogen) atoms. The Balaban J connectivity index is 1.56. The predicted molar refractivity (Wildman–Crippen MR) is 126 cm³/mol. The Morgan fingerprint density at radius 2 is 2.00 bits per heavy atom. The molecular formula is C24H34N6O. The molecule has 1 saturated heterocycles. The summed E-state index contributed by atoms with van der Waals surface area (Å²) in [6.45, 7) is 5.84. The summed E-state index contributed by atoms with van der Waals surface area (Å²) in [4.78, 5) is 25.1. The SMILES string of the molecule is CCNC(=NCc1cccc(-c2ccccn2)c1)NC1CCN(CC(=O)N(C)C)CC1. The number of amides is 1. The van der Waals surface area contributed by atoms with Gasteiger partial charge in [-0.2, -0.15) is 0 Å². The maximum absolute atomic E-state index is 11.9. The Kier molecular flexibility index (Phi) is 8.41. The van der Waals surface area contributed by atoms with E-state index in [4.69, 9.17) is 4.99 Å². The number of hydrogen-bond donors (Lipinski definition) is 2. The van der Waals surface area contributed by atoms with E-state index in [1.165, 1.54) is 0 Å². The molecule has 0 aliphatic carbocycles. The van der Waals surface area contributed by atoms with Crippen LogP contribution in [-0.2, 0) is 11.3 Å². The van der Waals surface area contributed by atoms with Crippen molar-refractivity contribution in [2.75, 3.05) is 40.3 Å². The molecule has 0 bridgehead atoms. The average Bonchev–Trinajstić information content (AvgIpc) is 2.79. The van der Waals surface area contributed by atoms with Gasteiger partial charge in [-0.25, -0.2) is 4.99 Å². The lowest BCUT2D eigenvalue weighted by atomic mass is 10.1. The second kappa shape index (κ2) is 11.5. The highest BCUT2D eigenvalue weighted by molar-refractivity contribution is 5.80. The number of nitrogens with zero attached hydrogens (tertiary/aromatic N) is 4. The highest BCUT2D eigenvalue weighted by Gasteiger charge is 2.22. The number of likely N-dealkylation sites (tertiary alicyclic amines) is 1. The molecule has 0 radical (unpaired) electrons. The molecule has 1 aromatic heterocycles. The lowest BCUT2D eigenvalue weighted by molar-refractivity contribution is -0.130. The maximum atomic E-state index is 11.9. The first-order valence-electron chi connectivity index (χ1n) is 11.0. The molecule has 2 aromatic rings. The Labute approximate surface area is 185 Å². The average molecular weight is 423 g/mol. The molecular weight excluding hydrogens is 388 g/mol. The van der Waals surface area contributed by atoms with E-state index >= 15 is 0 Å². The summed E-state index contributed by atoms with van der Waals surface area (Å²) in [5.74, 6) is 1.00. The molecule has 1 aliphatic heterocycles. The zero-order valence-corrected chi connectivity index (χ0v) is 18.8. The van der Waals surface area contributed by atoms with E-state index in [0.717, 1.165) is 55.3 Å². The first-order chi connectivity index (χ1) is 15.0. The van der Waals surface area contributed by atoms with E-state index in [1.807, 2.05) is 38.5 Å². The molecule has 1 aliphatic rings. The second-order valence-electron chi connectivity index (χ2n) is 8.09. The lowest BCUT2D eigenvalue weighted by Gasteiger charge is -2.33. The third-order valence-electron chi connectivity index (χ3n) is 5.44. The number of carbonyl (C=O) groups excluding carboxylic acids is 1. The van der Waals surface area contributed by atoms with Crippen molar-refractivity contribution in [3.05, 3.63) is 54.2 Å². The number of aliphatic imine (C=N–C) groups is 1. The normalized spacial score (nSPS) is 15.5. The summed E-state index contributed by atoms with van der Waals surface area (Å²) in [5.41, 5.74) is 3.22. The molecule has 1 amide bonds. The van der Waals surface area contributed by atoms with Crippen LogP contribution in [0.4, 0.5) is 0 Å². The number of nitrogens with one attached hydrogen (secondary N) is 2. The van der Waals surface area contributed by atoms with Crippen molar-refractivity contribution in [3.63, 3.8) is 0 Å². The van der Waals surface area contributed by atoms with E-state index in [0.29, 0.717) is 19.1 Å². The summed E-state index contributed by atoms with van der Waals surface area (Å²) < 4.78 is 0. The molecule has 166 valence electrons. The van der Waals surface area contributed by atoms with E-state index in [1.54, 1.807) is 4.90 Å². The van der Waals surface area contributed by atoms with Gasteiger partial charge >= 0.3 is 0 Å². The smallest absolute Gasteiger partial charge is 0.236 e. The monoisotopic (exact) mass is 422 g/mol. The lowest BCUT2D eigenvalue weighted by Crippen LogP contribution is -2.50. The minimum Gasteiger partial charge on any atom is -0.357 e. The van der Waals surface area contributed by atoms with Crippen molar-refractivity contribution in [1.82, 2.24) is 25.4 Å². The number of pyridine rings is 1. The number of aromatic nitrogens is 1. The summed E-state index contributed by atoms with van der Waals surface area (Å²) >= 11 is 0. The first-order valence-corrected chi connectivity index (χ1v) is 11.0. The number of piperidine rings is 1. The van der Waals surface area contributed by atoms with Gasteiger partial charge in [-0.1, -0.05) is 24.3 Å².